The number of ether oxygens (including phenoxy) is 2. The summed E-state index contributed by atoms with van der Waals surface area (Å²) < 4.78 is 9.61. The largest absolute Gasteiger partial charge is 0.497 e. The fraction of sp³-hybridized carbons (Fsp3) is 0.188. The van der Waals surface area contributed by atoms with Gasteiger partial charge in [0.05, 0.1) is 14.2 Å². The second kappa shape index (κ2) is 6.21. The summed E-state index contributed by atoms with van der Waals surface area (Å²) >= 11 is 0. The van der Waals surface area contributed by atoms with Crippen LogP contribution < -0.4 is 4.74 Å². The number of benzene rings is 2. The summed E-state index contributed by atoms with van der Waals surface area (Å²) in [7, 11) is 2.87. The lowest BCUT2D eigenvalue weighted by molar-refractivity contribution is -0.150. The van der Waals surface area contributed by atoms with Gasteiger partial charge in [-0.05, 0) is 28.8 Å². The Bertz CT molecular complexity index is 572. The predicted octanol–water partition coefficient (Wildman–Crippen LogP) is 2.57. The molecule has 1 unspecified atom stereocenters. The molecule has 0 spiro atoms. The molecule has 4 heteroatoms. The van der Waals surface area contributed by atoms with Crippen LogP contribution in [0.2, 0.25) is 0 Å². The van der Waals surface area contributed by atoms with E-state index in [0.717, 1.165) is 16.9 Å². The van der Waals surface area contributed by atoms with Crippen molar-refractivity contribution < 1.29 is 19.4 Å². The highest BCUT2D eigenvalue weighted by atomic mass is 16.5. The maximum absolute atomic E-state index is 11.3. The average Bonchev–Trinajstić information content (AvgIpc) is 2.53. The van der Waals surface area contributed by atoms with Gasteiger partial charge in [-0.15, -0.1) is 0 Å². The van der Waals surface area contributed by atoms with E-state index >= 15 is 0 Å². The summed E-state index contributed by atoms with van der Waals surface area (Å²) in [4.78, 5) is 11.3. The Morgan fingerprint density at radius 2 is 1.45 bits per heavy atom. The van der Waals surface area contributed by atoms with Crippen molar-refractivity contribution in [2.45, 2.75) is 6.10 Å². The Kier molecular flexibility index (Phi) is 4.38. The highest BCUT2D eigenvalue weighted by Gasteiger charge is 2.17. The monoisotopic (exact) mass is 272 g/mol. The molecule has 0 amide bonds. The standard InChI is InChI=1S/C16H16O4/c1-19-14-9-7-12(8-10-14)11-3-5-13(6-4-11)15(17)16(18)20-2/h3-10,15,17H,1-2H3. The zero-order valence-corrected chi connectivity index (χ0v) is 11.4. The molecule has 1 atom stereocenters. The van der Waals surface area contributed by atoms with Crippen molar-refractivity contribution in [2.75, 3.05) is 14.2 Å². The molecule has 0 aliphatic heterocycles. The molecule has 0 bridgehead atoms. The Morgan fingerprint density at radius 3 is 1.90 bits per heavy atom. The number of rotatable bonds is 4. The first kappa shape index (κ1) is 14.1. The Morgan fingerprint density at radius 1 is 0.950 bits per heavy atom. The van der Waals surface area contributed by atoms with Gasteiger partial charge in [0.15, 0.2) is 6.10 Å². The van der Waals surface area contributed by atoms with E-state index in [2.05, 4.69) is 4.74 Å². The van der Waals surface area contributed by atoms with Crippen molar-refractivity contribution in [1.29, 1.82) is 0 Å². The van der Waals surface area contributed by atoms with Crippen LogP contribution in [0.15, 0.2) is 48.5 Å². The number of aliphatic hydroxyl groups excluding tert-OH is 1. The van der Waals surface area contributed by atoms with Gasteiger partial charge < -0.3 is 14.6 Å². The van der Waals surface area contributed by atoms with Crippen LogP contribution in [-0.2, 0) is 9.53 Å². The van der Waals surface area contributed by atoms with E-state index in [1.807, 2.05) is 36.4 Å². The topological polar surface area (TPSA) is 55.8 Å². The highest BCUT2D eigenvalue weighted by molar-refractivity contribution is 5.76. The van der Waals surface area contributed by atoms with Gasteiger partial charge in [-0.1, -0.05) is 36.4 Å². The summed E-state index contributed by atoms with van der Waals surface area (Å²) in [5.74, 6) is 0.133. The van der Waals surface area contributed by atoms with Crippen LogP contribution in [0.25, 0.3) is 11.1 Å². The zero-order valence-electron chi connectivity index (χ0n) is 11.4. The minimum Gasteiger partial charge on any atom is -0.497 e. The highest BCUT2D eigenvalue weighted by Crippen LogP contribution is 2.24. The summed E-state index contributed by atoms with van der Waals surface area (Å²) in [5, 5.41) is 9.73. The first-order chi connectivity index (χ1) is 9.65. The third kappa shape index (κ3) is 2.97. The number of methoxy groups -OCH3 is 2. The van der Waals surface area contributed by atoms with Crippen LogP contribution in [0.3, 0.4) is 0 Å². The SMILES string of the molecule is COC(=O)C(O)c1ccc(-c2ccc(OC)cc2)cc1. The van der Waals surface area contributed by atoms with Gasteiger partial charge in [0.1, 0.15) is 5.75 Å². The molecule has 1 N–H and O–H groups in total. The van der Waals surface area contributed by atoms with E-state index in [1.165, 1.54) is 7.11 Å². The molecule has 0 fully saturated rings. The average molecular weight is 272 g/mol. The zero-order chi connectivity index (χ0) is 14.5. The van der Waals surface area contributed by atoms with E-state index < -0.39 is 12.1 Å². The molecule has 0 aliphatic carbocycles. The number of hydrogen-bond acceptors (Lipinski definition) is 4. The van der Waals surface area contributed by atoms with Crippen LogP contribution in [0.5, 0.6) is 5.75 Å². The molecule has 0 heterocycles. The molecule has 104 valence electrons. The van der Waals surface area contributed by atoms with E-state index in [9.17, 15) is 9.90 Å². The molecule has 0 radical (unpaired) electrons. The summed E-state index contributed by atoms with van der Waals surface area (Å²) in [6.45, 7) is 0. The molecule has 20 heavy (non-hydrogen) atoms. The molecule has 0 saturated carbocycles. The van der Waals surface area contributed by atoms with E-state index in [0.29, 0.717) is 5.56 Å². The van der Waals surface area contributed by atoms with Gasteiger partial charge in [-0.2, -0.15) is 0 Å². The van der Waals surface area contributed by atoms with Crippen molar-refractivity contribution in [3.8, 4) is 16.9 Å². The predicted molar refractivity (Wildman–Crippen MR) is 75.4 cm³/mol. The quantitative estimate of drug-likeness (QED) is 0.869. The van der Waals surface area contributed by atoms with Gasteiger partial charge in [-0.3, -0.25) is 0 Å². The van der Waals surface area contributed by atoms with Gasteiger partial charge in [0, 0.05) is 0 Å². The fourth-order valence-corrected chi connectivity index (χ4v) is 1.89. The van der Waals surface area contributed by atoms with Crippen LogP contribution in [0.1, 0.15) is 11.7 Å². The molecule has 2 aromatic rings. The molecule has 4 nitrogen and oxygen atoms in total. The lowest BCUT2D eigenvalue weighted by Crippen LogP contribution is -2.13. The molecular formula is C16H16O4. The molecule has 0 aliphatic rings. The van der Waals surface area contributed by atoms with Gasteiger partial charge >= 0.3 is 5.97 Å². The summed E-state index contributed by atoms with van der Waals surface area (Å²) in [6, 6.07) is 14.8. The molecule has 2 rings (SSSR count). The fourth-order valence-electron chi connectivity index (χ4n) is 1.89. The van der Waals surface area contributed by atoms with Crippen LogP contribution in [-0.4, -0.2) is 25.3 Å². The lowest BCUT2D eigenvalue weighted by atomic mass is 10.0. The first-order valence-electron chi connectivity index (χ1n) is 6.16. The summed E-state index contributed by atoms with van der Waals surface area (Å²) in [5.41, 5.74) is 2.53. The van der Waals surface area contributed by atoms with Crippen molar-refractivity contribution in [3.63, 3.8) is 0 Å². The number of carbonyl (C=O) groups excluding carboxylic acids is 1. The van der Waals surface area contributed by atoms with Gasteiger partial charge in [0.2, 0.25) is 0 Å². The molecular weight excluding hydrogens is 256 g/mol. The maximum Gasteiger partial charge on any atom is 0.339 e. The Hall–Kier alpha value is -2.33. The van der Waals surface area contributed by atoms with E-state index in [-0.39, 0.29) is 0 Å². The van der Waals surface area contributed by atoms with Crippen molar-refractivity contribution in [2.24, 2.45) is 0 Å². The maximum atomic E-state index is 11.3. The smallest absolute Gasteiger partial charge is 0.339 e. The third-order valence-corrected chi connectivity index (χ3v) is 3.07. The van der Waals surface area contributed by atoms with Crippen LogP contribution in [0, 0.1) is 0 Å². The minimum atomic E-state index is -1.25. The minimum absolute atomic E-state index is 0.508. The third-order valence-electron chi connectivity index (χ3n) is 3.07. The second-order valence-electron chi connectivity index (χ2n) is 4.28. The number of aliphatic hydroxyl groups is 1. The molecule has 0 saturated heterocycles. The van der Waals surface area contributed by atoms with Crippen LogP contribution >= 0.6 is 0 Å². The van der Waals surface area contributed by atoms with Crippen molar-refractivity contribution in [3.05, 3.63) is 54.1 Å². The van der Waals surface area contributed by atoms with E-state index in [1.54, 1.807) is 19.2 Å². The van der Waals surface area contributed by atoms with Gasteiger partial charge in [0.25, 0.3) is 0 Å². The number of hydrogen-bond donors (Lipinski definition) is 1. The van der Waals surface area contributed by atoms with Crippen molar-refractivity contribution >= 4 is 5.97 Å². The molecule has 2 aromatic carbocycles. The second-order valence-corrected chi connectivity index (χ2v) is 4.28. The number of esters is 1. The van der Waals surface area contributed by atoms with Crippen molar-refractivity contribution in [1.82, 2.24) is 0 Å². The molecule has 0 aromatic heterocycles. The van der Waals surface area contributed by atoms with Gasteiger partial charge in [-0.25, -0.2) is 4.79 Å². The lowest BCUT2D eigenvalue weighted by Gasteiger charge is -2.09. The normalized spacial score (nSPS) is 11.8. The Labute approximate surface area is 117 Å². The van der Waals surface area contributed by atoms with Crippen LogP contribution in [0.4, 0.5) is 0 Å². The number of carbonyl (C=O) groups is 1. The summed E-state index contributed by atoms with van der Waals surface area (Å²) in [6.07, 6.45) is -1.25. The van der Waals surface area contributed by atoms with E-state index in [4.69, 9.17) is 4.74 Å². The first-order valence-corrected chi connectivity index (χ1v) is 6.16. The Balaban J connectivity index is 2.20.